The van der Waals surface area contributed by atoms with E-state index in [0.717, 1.165) is 0 Å². The number of carbonyl (C=O) groups is 1. The molecule has 0 bridgehead atoms. The molecule has 0 aliphatic rings. The zero-order valence-electron chi connectivity index (χ0n) is 20.1. The van der Waals surface area contributed by atoms with Crippen LogP contribution in [0.1, 0.15) is 38.0 Å². The van der Waals surface area contributed by atoms with E-state index in [0.29, 0.717) is 33.3 Å². The van der Waals surface area contributed by atoms with E-state index in [9.17, 15) is 28.2 Å². The number of aryl methyl sites for hydroxylation is 1. The average Bonchev–Trinajstić information content (AvgIpc) is 3.12. The Morgan fingerprint density at radius 1 is 1.20 bits per heavy atom. The Kier molecular flexibility index (Phi) is 7.32. The fourth-order valence-corrected chi connectivity index (χ4v) is 3.73. The summed E-state index contributed by atoms with van der Waals surface area (Å²) < 4.78 is 48.7. The number of aliphatic hydroxyl groups excluding tert-OH is 2. The number of nitrogens with zero attached hydrogens (tertiary/aromatic N) is 3. The zero-order valence-corrected chi connectivity index (χ0v) is 20.1. The van der Waals surface area contributed by atoms with Crippen molar-refractivity contribution in [2.45, 2.75) is 45.4 Å². The van der Waals surface area contributed by atoms with E-state index >= 15 is 0 Å². The van der Waals surface area contributed by atoms with Crippen LogP contribution in [0.15, 0.2) is 36.7 Å². The van der Waals surface area contributed by atoms with Gasteiger partial charge in [-0.1, -0.05) is 12.1 Å². The van der Waals surface area contributed by atoms with Gasteiger partial charge in [0.15, 0.2) is 0 Å². The Morgan fingerprint density at radius 3 is 2.37 bits per heavy atom. The number of ether oxygens (including phenoxy) is 2. The summed E-state index contributed by atoms with van der Waals surface area (Å²) >= 11 is 0. The number of hydrogen-bond donors (Lipinski definition) is 2. The molecule has 0 aliphatic carbocycles. The number of aliphatic hydroxyl groups is 2. The predicted octanol–water partition coefficient (Wildman–Crippen LogP) is 4.53. The molecule has 0 spiro atoms. The van der Waals surface area contributed by atoms with Gasteiger partial charge in [0.25, 0.3) is 0 Å². The van der Waals surface area contributed by atoms with E-state index in [1.807, 2.05) is 0 Å². The lowest BCUT2D eigenvalue weighted by Crippen LogP contribution is -2.34. The highest BCUT2D eigenvalue weighted by atomic mass is 19.4. The topological polar surface area (TPSA) is 97.0 Å². The van der Waals surface area contributed by atoms with Crippen LogP contribution < -0.4 is 4.74 Å². The molecule has 0 aliphatic heterocycles. The Bertz CT molecular complexity index is 1200. The van der Waals surface area contributed by atoms with Gasteiger partial charge in [0.2, 0.25) is 0 Å². The van der Waals surface area contributed by atoms with E-state index in [1.54, 1.807) is 45.5 Å². The molecule has 8 nitrogen and oxygen atoms in total. The van der Waals surface area contributed by atoms with Crippen molar-refractivity contribution in [3.8, 4) is 16.9 Å². The van der Waals surface area contributed by atoms with Crippen molar-refractivity contribution < 1.29 is 37.7 Å². The molecule has 3 rings (SSSR count). The van der Waals surface area contributed by atoms with Gasteiger partial charge in [0.05, 0.1) is 24.0 Å². The number of hydrogen-bond acceptors (Lipinski definition) is 6. The second-order valence-corrected chi connectivity index (χ2v) is 9.16. The van der Waals surface area contributed by atoms with Crippen molar-refractivity contribution in [3.63, 3.8) is 0 Å². The molecule has 3 aromatic rings. The third-order valence-electron chi connectivity index (χ3n) is 5.13. The van der Waals surface area contributed by atoms with Gasteiger partial charge in [-0.2, -0.15) is 0 Å². The standard InChI is InChI=1S/C24H28F3N3O5/c1-23(2,3)35-22(33)29(4)11-15-10-17(14-6-8-16(9-7-14)34-24(25,26)27)20-21(30(5)13-28-20)19(15)18(32)12-31/h6-10,13,18,31-32H,11-12H2,1-5H3. The maximum absolute atomic E-state index is 12.6. The zero-order chi connectivity index (χ0) is 26.1. The summed E-state index contributed by atoms with van der Waals surface area (Å²) in [5.74, 6) is -0.365. The SMILES string of the molecule is CN(Cc1cc(-c2ccc(OC(F)(F)F)cc2)c2ncn(C)c2c1C(O)CO)C(=O)OC(C)(C)C. The number of imidazole rings is 1. The Hall–Kier alpha value is -3.31. The van der Waals surface area contributed by atoms with Crippen LogP contribution in [0.2, 0.25) is 0 Å². The first kappa shape index (κ1) is 26.3. The summed E-state index contributed by atoms with van der Waals surface area (Å²) in [6, 6.07) is 7.02. The number of carbonyl (C=O) groups excluding carboxylic acids is 1. The lowest BCUT2D eigenvalue weighted by Gasteiger charge is -2.26. The summed E-state index contributed by atoms with van der Waals surface area (Å²) in [7, 11) is 3.26. The van der Waals surface area contributed by atoms with E-state index in [1.165, 1.54) is 35.5 Å². The fourth-order valence-electron chi connectivity index (χ4n) is 3.73. The summed E-state index contributed by atoms with van der Waals surface area (Å²) in [6.45, 7) is 4.69. The van der Waals surface area contributed by atoms with E-state index in [2.05, 4.69) is 9.72 Å². The van der Waals surface area contributed by atoms with Gasteiger partial charge < -0.3 is 29.2 Å². The first-order chi connectivity index (χ1) is 16.2. The molecule has 11 heteroatoms. The summed E-state index contributed by atoms with van der Waals surface area (Å²) in [4.78, 5) is 18.3. The van der Waals surface area contributed by atoms with E-state index < -0.39 is 30.8 Å². The second-order valence-electron chi connectivity index (χ2n) is 9.16. The number of fused-ring (bicyclic) bond motifs is 1. The minimum absolute atomic E-state index is 0.0324. The lowest BCUT2D eigenvalue weighted by molar-refractivity contribution is -0.274. The first-order valence-corrected chi connectivity index (χ1v) is 10.8. The van der Waals surface area contributed by atoms with Crippen LogP contribution in [-0.2, 0) is 18.3 Å². The molecule has 0 radical (unpaired) electrons. The number of amides is 1. The molecule has 1 heterocycles. The number of benzene rings is 2. The minimum atomic E-state index is -4.81. The molecule has 2 aromatic carbocycles. The van der Waals surface area contributed by atoms with E-state index in [4.69, 9.17) is 4.74 Å². The normalized spacial score (nSPS) is 13.1. The van der Waals surface area contributed by atoms with Crippen molar-refractivity contribution in [2.75, 3.05) is 13.7 Å². The van der Waals surface area contributed by atoms with Crippen molar-refractivity contribution in [1.29, 1.82) is 0 Å². The van der Waals surface area contributed by atoms with Crippen LogP contribution >= 0.6 is 0 Å². The van der Waals surface area contributed by atoms with Crippen molar-refractivity contribution >= 4 is 17.1 Å². The highest BCUT2D eigenvalue weighted by Gasteiger charge is 2.31. The minimum Gasteiger partial charge on any atom is -0.444 e. The third kappa shape index (κ3) is 6.23. The average molecular weight is 495 g/mol. The lowest BCUT2D eigenvalue weighted by atomic mass is 9.93. The van der Waals surface area contributed by atoms with Crippen LogP contribution in [0.5, 0.6) is 5.75 Å². The Labute approximate surface area is 200 Å². The predicted molar refractivity (Wildman–Crippen MR) is 123 cm³/mol. The Balaban J connectivity index is 2.12. The molecule has 190 valence electrons. The monoisotopic (exact) mass is 495 g/mol. The highest BCUT2D eigenvalue weighted by molar-refractivity contribution is 5.95. The summed E-state index contributed by atoms with van der Waals surface area (Å²) in [6.07, 6.45) is -5.12. The summed E-state index contributed by atoms with van der Waals surface area (Å²) in [5, 5.41) is 20.4. The fraction of sp³-hybridized carbons (Fsp3) is 0.417. The van der Waals surface area contributed by atoms with Gasteiger partial charge in [-0.15, -0.1) is 13.2 Å². The van der Waals surface area contributed by atoms with Gasteiger partial charge in [-0.25, -0.2) is 9.78 Å². The summed E-state index contributed by atoms with van der Waals surface area (Å²) in [5.41, 5.74) is 2.31. The van der Waals surface area contributed by atoms with Crippen LogP contribution in [0.4, 0.5) is 18.0 Å². The molecule has 1 aromatic heterocycles. The molecule has 0 saturated carbocycles. The van der Waals surface area contributed by atoms with E-state index in [-0.39, 0.29) is 12.3 Å². The number of alkyl halides is 3. The quantitative estimate of drug-likeness (QED) is 0.522. The smallest absolute Gasteiger partial charge is 0.444 e. The molecule has 1 amide bonds. The van der Waals surface area contributed by atoms with Gasteiger partial charge in [-0.3, -0.25) is 0 Å². The van der Waals surface area contributed by atoms with Crippen LogP contribution in [0.3, 0.4) is 0 Å². The van der Waals surface area contributed by atoms with Crippen LogP contribution in [-0.4, -0.2) is 56.4 Å². The molecule has 0 saturated heterocycles. The largest absolute Gasteiger partial charge is 0.573 e. The number of rotatable bonds is 6. The first-order valence-electron chi connectivity index (χ1n) is 10.8. The third-order valence-corrected chi connectivity index (χ3v) is 5.13. The maximum Gasteiger partial charge on any atom is 0.573 e. The molecule has 0 fully saturated rings. The van der Waals surface area contributed by atoms with Gasteiger partial charge in [0, 0.05) is 31.8 Å². The maximum atomic E-state index is 12.6. The molecule has 35 heavy (non-hydrogen) atoms. The van der Waals surface area contributed by atoms with Crippen LogP contribution in [0.25, 0.3) is 22.2 Å². The van der Waals surface area contributed by atoms with Crippen molar-refractivity contribution in [1.82, 2.24) is 14.5 Å². The number of aromatic nitrogens is 2. The Morgan fingerprint density at radius 2 is 1.83 bits per heavy atom. The molecule has 1 unspecified atom stereocenters. The number of halogens is 3. The molecular weight excluding hydrogens is 467 g/mol. The van der Waals surface area contributed by atoms with Crippen LogP contribution in [0, 0.1) is 0 Å². The van der Waals surface area contributed by atoms with Gasteiger partial charge in [0.1, 0.15) is 17.5 Å². The molecular formula is C24H28F3N3O5. The van der Waals surface area contributed by atoms with Crippen molar-refractivity contribution in [2.24, 2.45) is 7.05 Å². The van der Waals surface area contributed by atoms with Crippen molar-refractivity contribution in [3.05, 3.63) is 47.8 Å². The molecule has 2 N–H and O–H groups in total. The second kappa shape index (κ2) is 9.74. The van der Waals surface area contributed by atoms with Gasteiger partial charge >= 0.3 is 12.5 Å². The van der Waals surface area contributed by atoms with Gasteiger partial charge in [-0.05, 0) is 50.1 Å². The molecule has 1 atom stereocenters. The highest BCUT2D eigenvalue weighted by Crippen LogP contribution is 2.37.